The zero-order chi connectivity index (χ0) is 24.5. The van der Waals surface area contributed by atoms with Crippen LogP contribution in [0.4, 0.5) is 23.4 Å². The summed E-state index contributed by atoms with van der Waals surface area (Å²) >= 11 is 0. The van der Waals surface area contributed by atoms with E-state index in [1.54, 1.807) is 48.0 Å². The summed E-state index contributed by atoms with van der Waals surface area (Å²) in [5.41, 5.74) is 2.96. The summed E-state index contributed by atoms with van der Waals surface area (Å²) in [6.45, 7) is 3.33. The Bertz CT molecular complexity index is 1350. The number of alkyl halides is 3. The van der Waals surface area contributed by atoms with Crippen LogP contribution in [0.25, 0.3) is 28.2 Å². The van der Waals surface area contributed by atoms with E-state index in [9.17, 15) is 22.4 Å². The average Bonchev–Trinajstić information content (AvgIpc) is 3.20. The second kappa shape index (κ2) is 9.20. The van der Waals surface area contributed by atoms with Gasteiger partial charge in [-0.2, -0.15) is 18.3 Å². The Morgan fingerprint density at radius 3 is 2.59 bits per heavy atom. The molecule has 0 atom stereocenters. The minimum Gasteiger partial charge on any atom is -0.289 e. The third-order valence-corrected chi connectivity index (χ3v) is 5.34. The first-order valence-electron chi connectivity index (χ1n) is 10.7. The van der Waals surface area contributed by atoms with Gasteiger partial charge < -0.3 is 0 Å². The van der Waals surface area contributed by atoms with E-state index in [0.29, 0.717) is 51.5 Å². The summed E-state index contributed by atoms with van der Waals surface area (Å²) in [5, 5.41) is 4.34. The number of hydrogen-bond acceptors (Lipinski definition) is 4. The number of benzene rings is 1. The van der Waals surface area contributed by atoms with Crippen LogP contribution in [0.3, 0.4) is 0 Å². The van der Waals surface area contributed by atoms with Gasteiger partial charge in [0, 0.05) is 30.1 Å². The molecule has 0 N–H and O–H groups in total. The van der Waals surface area contributed by atoms with Gasteiger partial charge in [-0.3, -0.25) is 9.69 Å². The van der Waals surface area contributed by atoms with E-state index >= 15 is 0 Å². The molecule has 3 aromatic heterocycles. The summed E-state index contributed by atoms with van der Waals surface area (Å²) in [4.78, 5) is 21.5. The van der Waals surface area contributed by atoms with Crippen molar-refractivity contribution in [3.63, 3.8) is 0 Å². The van der Waals surface area contributed by atoms with Crippen LogP contribution < -0.4 is 4.90 Å². The number of halogens is 4. The summed E-state index contributed by atoms with van der Waals surface area (Å²) in [6, 6.07) is 11.0. The number of aromatic nitrogens is 4. The van der Waals surface area contributed by atoms with Gasteiger partial charge in [0.05, 0.1) is 5.69 Å². The zero-order valence-electron chi connectivity index (χ0n) is 18.5. The monoisotopic (exact) mass is 471 g/mol. The van der Waals surface area contributed by atoms with Crippen molar-refractivity contribution >= 4 is 17.4 Å². The predicted octanol–water partition coefficient (Wildman–Crippen LogP) is 5.60. The van der Waals surface area contributed by atoms with Crippen molar-refractivity contribution in [2.24, 2.45) is 0 Å². The van der Waals surface area contributed by atoms with Gasteiger partial charge in [0.15, 0.2) is 5.65 Å². The number of anilines is 1. The maximum absolute atomic E-state index is 13.9. The van der Waals surface area contributed by atoms with E-state index in [0.717, 1.165) is 0 Å². The minimum absolute atomic E-state index is 0.124. The molecule has 0 saturated heterocycles. The largest absolute Gasteiger partial charge is 0.471 e. The molecule has 6 nitrogen and oxygen atoms in total. The van der Waals surface area contributed by atoms with Gasteiger partial charge >= 0.3 is 12.1 Å². The van der Waals surface area contributed by atoms with Gasteiger partial charge in [-0.25, -0.2) is 18.9 Å². The molecule has 0 aliphatic carbocycles. The van der Waals surface area contributed by atoms with Crippen molar-refractivity contribution < 1.29 is 22.4 Å². The normalized spacial score (nSPS) is 11.7. The van der Waals surface area contributed by atoms with Crippen LogP contribution in [0.1, 0.15) is 25.3 Å². The van der Waals surface area contributed by atoms with E-state index in [1.807, 2.05) is 6.92 Å². The number of imidazole rings is 1. The first kappa shape index (κ1) is 23.3. The fourth-order valence-electron chi connectivity index (χ4n) is 3.64. The van der Waals surface area contributed by atoms with Crippen molar-refractivity contribution in [3.8, 4) is 22.5 Å². The number of unbranched alkanes of at least 4 members (excludes halogenated alkanes) is 1. The summed E-state index contributed by atoms with van der Waals surface area (Å²) in [5.74, 6) is -2.47. The molecule has 0 aliphatic heterocycles. The maximum atomic E-state index is 13.9. The number of hydrogen-bond donors (Lipinski definition) is 0. The number of amides is 1. The predicted molar refractivity (Wildman–Crippen MR) is 120 cm³/mol. The summed E-state index contributed by atoms with van der Waals surface area (Å²) < 4.78 is 55.3. The van der Waals surface area contributed by atoms with Gasteiger partial charge in [0.25, 0.3) is 0 Å². The molecule has 0 spiro atoms. The number of rotatable bonds is 6. The first-order chi connectivity index (χ1) is 16.2. The van der Waals surface area contributed by atoms with E-state index in [4.69, 9.17) is 0 Å². The lowest BCUT2D eigenvalue weighted by molar-refractivity contribution is -0.170. The molecule has 0 aliphatic rings. The van der Waals surface area contributed by atoms with Crippen LogP contribution in [-0.4, -0.2) is 38.2 Å². The molecule has 1 aromatic carbocycles. The van der Waals surface area contributed by atoms with Crippen LogP contribution in [0.2, 0.25) is 0 Å². The second-order valence-electron chi connectivity index (χ2n) is 7.78. The minimum atomic E-state index is -5.03. The maximum Gasteiger partial charge on any atom is 0.471 e. The number of fused-ring (bicyclic) bond motifs is 1. The molecular formula is C24H21F4N5O. The highest BCUT2D eigenvalue weighted by molar-refractivity contribution is 5.97. The van der Waals surface area contributed by atoms with E-state index in [1.165, 1.54) is 18.3 Å². The van der Waals surface area contributed by atoms with Gasteiger partial charge in [0.2, 0.25) is 0 Å². The third kappa shape index (κ3) is 4.48. The molecule has 4 rings (SSSR count). The van der Waals surface area contributed by atoms with Crippen molar-refractivity contribution in [2.45, 2.75) is 32.9 Å². The molecule has 0 unspecified atom stereocenters. The van der Waals surface area contributed by atoms with Crippen molar-refractivity contribution in [2.75, 3.05) is 11.4 Å². The molecular weight excluding hydrogens is 450 g/mol. The Morgan fingerprint density at radius 2 is 1.88 bits per heavy atom. The fraction of sp³-hybridized carbons (Fsp3) is 0.250. The molecule has 0 radical (unpaired) electrons. The number of pyridine rings is 1. The third-order valence-electron chi connectivity index (χ3n) is 5.34. The molecule has 4 aromatic rings. The highest BCUT2D eigenvalue weighted by atomic mass is 19.4. The molecule has 176 valence electrons. The Balaban J connectivity index is 1.89. The lowest BCUT2D eigenvalue weighted by atomic mass is 10.0. The highest BCUT2D eigenvalue weighted by Crippen LogP contribution is 2.34. The topological polar surface area (TPSA) is 63.4 Å². The van der Waals surface area contributed by atoms with Crippen LogP contribution >= 0.6 is 0 Å². The Hall–Kier alpha value is -3.82. The van der Waals surface area contributed by atoms with Crippen molar-refractivity contribution in [3.05, 3.63) is 66.2 Å². The molecule has 0 bridgehead atoms. The summed E-state index contributed by atoms with van der Waals surface area (Å²) in [6.07, 6.45) is -1.15. The Labute approximate surface area is 192 Å². The van der Waals surface area contributed by atoms with Gasteiger partial charge in [-0.05, 0) is 61.4 Å². The Kier molecular flexibility index (Phi) is 6.32. The van der Waals surface area contributed by atoms with E-state index in [-0.39, 0.29) is 18.2 Å². The highest BCUT2D eigenvalue weighted by Gasteiger charge is 2.43. The smallest absolute Gasteiger partial charge is 0.289 e. The molecule has 1 amide bonds. The molecule has 0 fully saturated rings. The van der Waals surface area contributed by atoms with Crippen LogP contribution in [0, 0.1) is 12.7 Å². The molecule has 0 saturated carbocycles. The zero-order valence-corrected chi connectivity index (χ0v) is 18.5. The SMILES string of the molecule is CCCCN(C(=O)C(F)(F)F)c1cc(-c2c(-c3ccc(F)c(C)c3)nc3cccnn23)ccn1. The second-order valence-corrected chi connectivity index (χ2v) is 7.78. The lowest BCUT2D eigenvalue weighted by Crippen LogP contribution is -2.42. The number of carbonyl (C=O) groups is 1. The number of carbonyl (C=O) groups excluding carboxylic acids is 1. The molecule has 34 heavy (non-hydrogen) atoms. The van der Waals surface area contributed by atoms with Gasteiger partial charge in [-0.15, -0.1) is 0 Å². The number of nitrogens with zero attached hydrogens (tertiary/aromatic N) is 5. The fourth-order valence-corrected chi connectivity index (χ4v) is 3.64. The van der Waals surface area contributed by atoms with Gasteiger partial charge in [-0.1, -0.05) is 13.3 Å². The quantitative estimate of drug-likeness (QED) is 0.344. The van der Waals surface area contributed by atoms with Crippen LogP contribution in [0.15, 0.2) is 54.9 Å². The van der Waals surface area contributed by atoms with Crippen molar-refractivity contribution in [1.29, 1.82) is 0 Å². The Morgan fingerprint density at radius 1 is 1.09 bits per heavy atom. The van der Waals surface area contributed by atoms with Crippen LogP contribution in [0.5, 0.6) is 0 Å². The first-order valence-corrected chi connectivity index (χ1v) is 10.7. The van der Waals surface area contributed by atoms with E-state index in [2.05, 4.69) is 15.1 Å². The standard InChI is InChI=1S/C24H21F4N5O/c1-3-4-12-32(23(34)24(26,27)28)20-14-17(9-11-29-20)22-21(16-7-8-18(25)15(2)13-16)31-19-6-5-10-30-33(19)22/h5-11,13-14H,3-4,12H2,1-2H3. The number of aryl methyl sites for hydroxylation is 1. The average molecular weight is 471 g/mol. The van der Waals surface area contributed by atoms with Gasteiger partial charge in [0.1, 0.15) is 17.3 Å². The van der Waals surface area contributed by atoms with Crippen LogP contribution in [-0.2, 0) is 4.79 Å². The van der Waals surface area contributed by atoms with E-state index < -0.39 is 12.1 Å². The van der Waals surface area contributed by atoms with Crippen molar-refractivity contribution in [1.82, 2.24) is 19.6 Å². The molecule has 10 heteroatoms. The summed E-state index contributed by atoms with van der Waals surface area (Å²) in [7, 11) is 0. The lowest BCUT2D eigenvalue weighted by Gasteiger charge is -2.23. The molecule has 3 heterocycles.